The van der Waals surface area contributed by atoms with Gasteiger partial charge in [-0.2, -0.15) is 0 Å². The first-order valence-corrected chi connectivity index (χ1v) is 7.47. The maximum absolute atomic E-state index is 11.7. The highest BCUT2D eigenvalue weighted by atomic mass is 16.1. The van der Waals surface area contributed by atoms with Crippen LogP contribution in [0, 0.1) is 0 Å². The fourth-order valence-electron chi connectivity index (χ4n) is 3.84. The molecule has 2 aliphatic rings. The molecule has 4 nitrogen and oxygen atoms in total. The second kappa shape index (κ2) is 5.19. The Morgan fingerprint density at radius 1 is 1.20 bits per heavy atom. The van der Waals surface area contributed by atoms with Crippen molar-refractivity contribution in [1.82, 2.24) is 4.90 Å². The first kappa shape index (κ1) is 13.6. The van der Waals surface area contributed by atoms with E-state index in [1.54, 1.807) is 0 Å². The van der Waals surface area contributed by atoms with Crippen LogP contribution < -0.4 is 11.5 Å². The molecule has 0 aliphatic carbocycles. The van der Waals surface area contributed by atoms with Gasteiger partial charge in [-0.25, -0.2) is 0 Å². The summed E-state index contributed by atoms with van der Waals surface area (Å²) < 4.78 is 0. The van der Waals surface area contributed by atoms with Gasteiger partial charge in [0.2, 0.25) is 5.91 Å². The van der Waals surface area contributed by atoms with Crippen molar-refractivity contribution in [2.24, 2.45) is 11.5 Å². The lowest BCUT2D eigenvalue weighted by Gasteiger charge is -2.51. The van der Waals surface area contributed by atoms with Gasteiger partial charge in [-0.05, 0) is 31.2 Å². The van der Waals surface area contributed by atoms with Crippen LogP contribution in [0.15, 0.2) is 30.3 Å². The van der Waals surface area contributed by atoms with Crippen LogP contribution in [-0.2, 0) is 11.3 Å². The minimum atomic E-state index is -0.803. The second-order valence-corrected chi connectivity index (χ2v) is 6.33. The number of primary amides is 1. The number of fused-ring (bicyclic) bond motifs is 2. The van der Waals surface area contributed by atoms with Gasteiger partial charge in [0.05, 0.1) is 5.54 Å². The number of piperidine rings is 2. The number of rotatable bonds is 3. The molecule has 1 aromatic carbocycles. The molecule has 2 bridgehead atoms. The Balaban J connectivity index is 1.79. The number of amides is 1. The zero-order valence-electron chi connectivity index (χ0n) is 11.8. The Bertz CT molecular complexity index is 474. The highest BCUT2D eigenvalue weighted by Crippen LogP contribution is 2.38. The van der Waals surface area contributed by atoms with E-state index in [4.69, 9.17) is 11.5 Å². The van der Waals surface area contributed by atoms with E-state index in [0.717, 1.165) is 19.4 Å². The van der Waals surface area contributed by atoms with Crippen molar-refractivity contribution in [2.45, 2.75) is 56.3 Å². The van der Waals surface area contributed by atoms with E-state index < -0.39 is 5.54 Å². The Kier molecular flexibility index (Phi) is 3.52. The van der Waals surface area contributed by atoms with E-state index in [9.17, 15) is 4.79 Å². The van der Waals surface area contributed by atoms with Crippen LogP contribution in [0.1, 0.15) is 37.7 Å². The van der Waals surface area contributed by atoms with Crippen molar-refractivity contribution in [3.63, 3.8) is 0 Å². The van der Waals surface area contributed by atoms with Crippen molar-refractivity contribution in [3.8, 4) is 0 Å². The average molecular weight is 273 g/mol. The normalized spacial score (nSPS) is 33.9. The van der Waals surface area contributed by atoms with E-state index in [-0.39, 0.29) is 5.91 Å². The summed E-state index contributed by atoms with van der Waals surface area (Å²) in [6, 6.07) is 11.3. The molecule has 0 spiro atoms. The first-order valence-electron chi connectivity index (χ1n) is 7.47. The largest absolute Gasteiger partial charge is 0.368 e. The quantitative estimate of drug-likeness (QED) is 0.874. The van der Waals surface area contributed by atoms with Gasteiger partial charge in [-0.15, -0.1) is 0 Å². The molecule has 20 heavy (non-hydrogen) atoms. The molecule has 1 aromatic rings. The summed E-state index contributed by atoms with van der Waals surface area (Å²) in [6.07, 6.45) is 4.87. The molecular formula is C16H23N3O. The zero-order valence-corrected chi connectivity index (χ0v) is 11.8. The average Bonchev–Trinajstić information content (AvgIpc) is 2.41. The number of hydrogen-bond acceptors (Lipinski definition) is 3. The Morgan fingerprint density at radius 2 is 1.80 bits per heavy atom. The van der Waals surface area contributed by atoms with Gasteiger partial charge in [-0.1, -0.05) is 36.8 Å². The standard InChI is InChI=1S/C16H23N3O/c17-15(20)16(18)9-13-7-4-8-14(10-16)19(13)11-12-5-2-1-3-6-12/h1-3,5-6,13-14H,4,7-11,18H2,(H2,17,20). The lowest BCUT2D eigenvalue weighted by atomic mass is 9.73. The minimum absolute atomic E-state index is 0.339. The maximum atomic E-state index is 11.7. The SMILES string of the molecule is NC(=O)C1(N)CC2CCCC(C1)N2Cc1ccccc1. The highest BCUT2D eigenvalue weighted by Gasteiger charge is 2.47. The molecule has 108 valence electrons. The molecule has 0 aromatic heterocycles. The lowest BCUT2D eigenvalue weighted by Crippen LogP contribution is -2.65. The highest BCUT2D eigenvalue weighted by molar-refractivity contribution is 5.84. The van der Waals surface area contributed by atoms with Crippen molar-refractivity contribution in [1.29, 1.82) is 0 Å². The molecule has 3 rings (SSSR count). The molecule has 4 heteroatoms. The molecule has 2 unspecified atom stereocenters. The Morgan fingerprint density at radius 3 is 2.35 bits per heavy atom. The van der Waals surface area contributed by atoms with Gasteiger partial charge < -0.3 is 11.5 Å². The van der Waals surface area contributed by atoms with Crippen molar-refractivity contribution in [2.75, 3.05) is 0 Å². The van der Waals surface area contributed by atoms with Gasteiger partial charge in [0.15, 0.2) is 0 Å². The van der Waals surface area contributed by atoms with E-state index in [1.807, 2.05) is 6.07 Å². The van der Waals surface area contributed by atoms with Crippen LogP contribution >= 0.6 is 0 Å². The van der Waals surface area contributed by atoms with Crippen LogP contribution in [0.4, 0.5) is 0 Å². The molecular weight excluding hydrogens is 250 g/mol. The predicted octanol–water partition coefficient (Wildman–Crippen LogP) is 1.39. The van der Waals surface area contributed by atoms with Crippen LogP contribution in [-0.4, -0.2) is 28.4 Å². The number of carbonyl (C=O) groups is 1. The summed E-state index contributed by atoms with van der Waals surface area (Å²) in [5, 5.41) is 0. The monoisotopic (exact) mass is 273 g/mol. The second-order valence-electron chi connectivity index (χ2n) is 6.33. The number of benzene rings is 1. The third-order valence-electron chi connectivity index (χ3n) is 4.91. The molecule has 2 atom stereocenters. The minimum Gasteiger partial charge on any atom is -0.368 e. The third-order valence-corrected chi connectivity index (χ3v) is 4.91. The maximum Gasteiger partial charge on any atom is 0.237 e. The van der Waals surface area contributed by atoms with E-state index in [0.29, 0.717) is 24.9 Å². The Hall–Kier alpha value is -1.39. The molecule has 0 saturated carbocycles. The molecule has 4 N–H and O–H groups in total. The summed E-state index contributed by atoms with van der Waals surface area (Å²) in [4.78, 5) is 14.2. The van der Waals surface area contributed by atoms with Gasteiger partial charge in [0.1, 0.15) is 0 Å². The molecule has 0 radical (unpaired) electrons. The molecule has 2 fully saturated rings. The Labute approximate surface area is 120 Å². The fraction of sp³-hybridized carbons (Fsp3) is 0.562. The van der Waals surface area contributed by atoms with Gasteiger partial charge >= 0.3 is 0 Å². The first-order chi connectivity index (χ1) is 9.58. The van der Waals surface area contributed by atoms with Crippen LogP contribution in [0.3, 0.4) is 0 Å². The van der Waals surface area contributed by atoms with E-state index >= 15 is 0 Å². The summed E-state index contributed by atoms with van der Waals surface area (Å²) in [5.74, 6) is -0.339. The van der Waals surface area contributed by atoms with Gasteiger partial charge in [-0.3, -0.25) is 9.69 Å². The van der Waals surface area contributed by atoms with Crippen molar-refractivity contribution < 1.29 is 4.79 Å². The number of hydrogen-bond donors (Lipinski definition) is 2. The lowest BCUT2D eigenvalue weighted by molar-refractivity contribution is -0.128. The smallest absolute Gasteiger partial charge is 0.237 e. The number of nitrogens with two attached hydrogens (primary N) is 2. The molecule has 2 heterocycles. The number of nitrogens with zero attached hydrogens (tertiary/aromatic N) is 1. The van der Waals surface area contributed by atoms with Crippen LogP contribution in [0.5, 0.6) is 0 Å². The predicted molar refractivity (Wildman–Crippen MR) is 78.8 cm³/mol. The zero-order chi connectivity index (χ0) is 14.2. The van der Waals surface area contributed by atoms with Gasteiger partial charge in [0.25, 0.3) is 0 Å². The molecule has 1 amide bonds. The summed E-state index contributed by atoms with van der Waals surface area (Å²) in [6.45, 7) is 0.949. The summed E-state index contributed by atoms with van der Waals surface area (Å²) in [7, 11) is 0. The van der Waals surface area contributed by atoms with E-state index in [1.165, 1.54) is 12.0 Å². The topological polar surface area (TPSA) is 72.3 Å². The van der Waals surface area contributed by atoms with Crippen molar-refractivity contribution >= 4 is 5.91 Å². The molecule has 2 aliphatic heterocycles. The fourth-order valence-corrected chi connectivity index (χ4v) is 3.84. The van der Waals surface area contributed by atoms with Gasteiger partial charge in [0, 0.05) is 18.6 Å². The van der Waals surface area contributed by atoms with E-state index in [2.05, 4.69) is 29.2 Å². The summed E-state index contributed by atoms with van der Waals surface area (Å²) >= 11 is 0. The van der Waals surface area contributed by atoms with Crippen molar-refractivity contribution in [3.05, 3.63) is 35.9 Å². The summed E-state index contributed by atoms with van der Waals surface area (Å²) in [5.41, 5.74) is 12.3. The number of carbonyl (C=O) groups excluding carboxylic acids is 1. The molecule has 2 saturated heterocycles. The van der Waals surface area contributed by atoms with Crippen LogP contribution in [0.25, 0.3) is 0 Å². The third kappa shape index (κ3) is 2.45. The van der Waals surface area contributed by atoms with Crippen LogP contribution in [0.2, 0.25) is 0 Å².